The average Bonchev–Trinajstić information content (AvgIpc) is 2.57. The predicted molar refractivity (Wildman–Crippen MR) is 54.8 cm³/mol. The number of rotatable bonds is 3. The molecule has 0 aromatic heterocycles. The van der Waals surface area contributed by atoms with Crippen LogP contribution in [-0.2, 0) is 6.42 Å². The summed E-state index contributed by atoms with van der Waals surface area (Å²) in [5, 5.41) is 0. The van der Waals surface area contributed by atoms with Crippen LogP contribution in [0.25, 0.3) is 0 Å². The normalized spacial score (nSPS) is 13.9. The first-order valence-corrected chi connectivity index (χ1v) is 4.71. The maximum atomic E-state index is 11.4. The van der Waals surface area contributed by atoms with Gasteiger partial charge in [-0.25, -0.2) is 0 Å². The molecule has 1 aromatic rings. The minimum Gasteiger partial charge on any atom is -0.490 e. The summed E-state index contributed by atoms with van der Waals surface area (Å²) in [5.41, 5.74) is 1.97. The Balaban J connectivity index is 2.25. The maximum absolute atomic E-state index is 11.4. The lowest BCUT2D eigenvalue weighted by Crippen LogP contribution is -1.96. The van der Waals surface area contributed by atoms with Crippen molar-refractivity contribution >= 4 is 5.78 Å². The van der Waals surface area contributed by atoms with Crippen LogP contribution in [0.1, 0.15) is 22.3 Å². The van der Waals surface area contributed by atoms with E-state index in [9.17, 15) is 4.79 Å². The third-order valence-electron chi connectivity index (χ3n) is 2.37. The van der Waals surface area contributed by atoms with Crippen LogP contribution in [0.3, 0.4) is 0 Å². The molecule has 0 radical (unpaired) electrons. The number of benzene rings is 1. The first kappa shape index (κ1) is 9.00. The summed E-state index contributed by atoms with van der Waals surface area (Å²) in [6.45, 7) is 4.05. The number of carbonyl (C=O) groups excluding carboxylic acids is 1. The van der Waals surface area contributed by atoms with Gasteiger partial charge in [-0.05, 0) is 24.1 Å². The molecule has 0 heterocycles. The highest BCUT2D eigenvalue weighted by atomic mass is 16.5. The number of hydrogen-bond acceptors (Lipinski definition) is 2. The van der Waals surface area contributed by atoms with E-state index >= 15 is 0 Å². The lowest BCUT2D eigenvalue weighted by atomic mass is 10.1. The minimum atomic E-state index is 0.226. The monoisotopic (exact) mass is 188 g/mol. The predicted octanol–water partition coefficient (Wildman–Crippen LogP) is 2.38. The van der Waals surface area contributed by atoms with E-state index in [1.54, 1.807) is 6.08 Å². The van der Waals surface area contributed by atoms with Gasteiger partial charge in [0.2, 0.25) is 0 Å². The molecule has 1 aliphatic carbocycles. The minimum absolute atomic E-state index is 0.226. The number of fused-ring (bicyclic) bond motifs is 1. The van der Waals surface area contributed by atoms with Crippen molar-refractivity contribution < 1.29 is 9.53 Å². The van der Waals surface area contributed by atoms with E-state index in [1.165, 1.54) is 0 Å². The van der Waals surface area contributed by atoms with Gasteiger partial charge >= 0.3 is 0 Å². The van der Waals surface area contributed by atoms with Crippen molar-refractivity contribution in [2.45, 2.75) is 12.8 Å². The Morgan fingerprint density at radius 3 is 3.07 bits per heavy atom. The number of ether oxygens (including phenoxy) is 1. The zero-order valence-electron chi connectivity index (χ0n) is 7.95. The molecule has 0 bridgehead atoms. The summed E-state index contributed by atoms with van der Waals surface area (Å²) in [6.07, 6.45) is 3.20. The number of ketones is 1. The summed E-state index contributed by atoms with van der Waals surface area (Å²) in [6, 6.07) is 5.70. The van der Waals surface area contributed by atoms with Gasteiger partial charge in [0.1, 0.15) is 12.4 Å². The highest BCUT2D eigenvalue weighted by Gasteiger charge is 2.19. The Hall–Kier alpha value is -1.57. The Kier molecular flexibility index (Phi) is 2.35. The Bertz CT molecular complexity index is 380. The summed E-state index contributed by atoms with van der Waals surface area (Å²) >= 11 is 0. The quantitative estimate of drug-likeness (QED) is 0.681. The number of aryl methyl sites for hydroxylation is 1. The van der Waals surface area contributed by atoms with E-state index in [0.29, 0.717) is 13.0 Å². The molecule has 0 fully saturated rings. The molecule has 0 spiro atoms. The largest absolute Gasteiger partial charge is 0.490 e. The van der Waals surface area contributed by atoms with E-state index in [0.717, 1.165) is 23.3 Å². The Morgan fingerprint density at radius 1 is 1.43 bits per heavy atom. The highest BCUT2D eigenvalue weighted by molar-refractivity contribution is 6.00. The molecule has 2 rings (SSSR count). The zero-order valence-corrected chi connectivity index (χ0v) is 7.95. The lowest BCUT2D eigenvalue weighted by molar-refractivity contribution is 0.0994. The number of carbonyl (C=O) groups is 1. The fourth-order valence-corrected chi connectivity index (χ4v) is 1.66. The molecular formula is C12H12O2. The van der Waals surface area contributed by atoms with E-state index in [1.807, 2.05) is 18.2 Å². The van der Waals surface area contributed by atoms with E-state index in [2.05, 4.69) is 6.58 Å². The highest BCUT2D eigenvalue weighted by Crippen LogP contribution is 2.25. The number of Topliss-reactive ketones (excluding diaryl/α,β-unsaturated/α-hetero) is 1. The molecule has 0 N–H and O–H groups in total. The third kappa shape index (κ3) is 1.55. The van der Waals surface area contributed by atoms with Crippen molar-refractivity contribution in [3.8, 4) is 5.75 Å². The van der Waals surface area contributed by atoms with Gasteiger partial charge in [0.25, 0.3) is 0 Å². The van der Waals surface area contributed by atoms with Crippen molar-refractivity contribution in [2.75, 3.05) is 6.61 Å². The molecule has 0 unspecified atom stereocenters. The van der Waals surface area contributed by atoms with Crippen LogP contribution in [0, 0.1) is 0 Å². The molecule has 72 valence electrons. The second kappa shape index (κ2) is 3.66. The first-order valence-electron chi connectivity index (χ1n) is 4.71. The van der Waals surface area contributed by atoms with Gasteiger partial charge in [0.05, 0.1) is 0 Å². The van der Waals surface area contributed by atoms with Gasteiger partial charge < -0.3 is 4.74 Å². The Labute approximate surface area is 83.2 Å². The van der Waals surface area contributed by atoms with E-state index in [-0.39, 0.29) is 5.78 Å². The van der Waals surface area contributed by atoms with Crippen LogP contribution in [0.5, 0.6) is 5.75 Å². The topological polar surface area (TPSA) is 26.3 Å². The summed E-state index contributed by atoms with van der Waals surface area (Å²) in [4.78, 5) is 11.4. The van der Waals surface area contributed by atoms with Crippen LogP contribution in [0.2, 0.25) is 0 Å². The fraction of sp³-hybridized carbons (Fsp3) is 0.250. The van der Waals surface area contributed by atoms with Gasteiger partial charge in [-0.2, -0.15) is 0 Å². The van der Waals surface area contributed by atoms with Crippen LogP contribution >= 0.6 is 0 Å². The molecule has 0 amide bonds. The summed E-state index contributed by atoms with van der Waals surface area (Å²) in [7, 11) is 0. The van der Waals surface area contributed by atoms with Crippen LogP contribution in [-0.4, -0.2) is 12.4 Å². The second-order valence-corrected chi connectivity index (χ2v) is 3.34. The van der Waals surface area contributed by atoms with Crippen LogP contribution in [0.15, 0.2) is 30.9 Å². The Morgan fingerprint density at radius 2 is 2.29 bits per heavy atom. The molecule has 0 saturated heterocycles. The molecular weight excluding hydrogens is 176 g/mol. The fourth-order valence-electron chi connectivity index (χ4n) is 1.66. The molecule has 2 nitrogen and oxygen atoms in total. The third-order valence-corrected chi connectivity index (χ3v) is 2.37. The molecule has 0 aliphatic heterocycles. The zero-order chi connectivity index (χ0) is 9.97. The van der Waals surface area contributed by atoms with Crippen molar-refractivity contribution in [3.05, 3.63) is 42.0 Å². The number of hydrogen-bond donors (Lipinski definition) is 0. The van der Waals surface area contributed by atoms with Gasteiger partial charge in [-0.15, -0.1) is 0 Å². The standard InChI is InChI=1S/C12H12O2/c1-2-7-14-10-5-3-9-4-6-12(13)11(9)8-10/h2-3,5,8H,1,4,6-7H2. The maximum Gasteiger partial charge on any atom is 0.163 e. The molecule has 2 heteroatoms. The summed E-state index contributed by atoms with van der Waals surface area (Å²) < 4.78 is 5.36. The first-order chi connectivity index (χ1) is 6.81. The molecule has 1 aliphatic rings. The van der Waals surface area contributed by atoms with Gasteiger partial charge in [-0.3, -0.25) is 4.79 Å². The van der Waals surface area contributed by atoms with Crippen molar-refractivity contribution in [1.82, 2.24) is 0 Å². The van der Waals surface area contributed by atoms with Crippen LogP contribution in [0.4, 0.5) is 0 Å². The van der Waals surface area contributed by atoms with Crippen LogP contribution < -0.4 is 4.74 Å². The van der Waals surface area contributed by atoms with Gasteiger partial charge in [-0.1, -0.05) is 18.7 Å². The summed E-state index contributed by atoms with van der Waals surface area (Å²) in [5.74, 6) is 0.975. The van der Waals surface area contributed by atoms with Gasteiger partial charge in [0, 0.05) is 12.0 Å². The lowest BCUT2D eigenvalue weighted by Gasteiger charge is -2.04. The molecule has 1 aromatic carbocycles. The smallest absolute Gasteiger partial charge is 0.163 e. The SMILES string of the molecule is C=CCOc1ccc2c(c1)C(=O)CC2. The van der Waals surface area contributed by atoms with Crippen molar-refractivity contribution in [1.29, 1.82) is 0 Å². The van der Waals surface area contributed by atoms with E-state index < -0.39 is 0 Å². The molecule has 14 heavy (non-hydrogen) atoms. The molecule has 0 saturated carbocycles. The second-order valence-electron chi connectivity index (χ2n) is 3.34. The van der Waals surface area contributed by atoms with Crippen molar-refractivity contribution in [3.63, 3.8) is 0 Å². The average molecular weight is 188 g/mol. The van der Waals surface area contributed by atoms with Gasteiger partial charge in [0.15, 0.2) is 5.78 Å². The van der Waals surface area contributed by atoms with Crippen molar-refractivity contribution in [2.24, 2.45) is 0 Å². The molecule has 0 atom stereocenters. The van der Waals surface area contributed by atoms with E-state index in [4.69, 9.17) is 4.74 Å².